The molecule has 1 aliphatic heterocycles. The highest BCUT2D eigenvalue weighted by molar-refractivity contribution is 6.28. The first-order valence-corrected chi connectivity index (χ1v) is 17.1. The molecule has 236 valence electrons. The highest BCUT2D eigenvalue weighted by Gasteiger charge is 2.22. The fourth-order valence-corrected chi connectivity index (χ4v) is 7.75. The topological polar surface area (TPSA) is 34.8 Å². The van der Waals surface area contributed by atoms with E-state index in [2.05, 4.69) is 196 Å². The number of fused-ring (bicyclic) bond motifs is 7. The molecule has 0 spiro atoms. The summed E-state index contributed by atoms with van der Waals surface area (Å²) < 4.78 is 4.71. The minimum atomic E-state index is 0.0142. The van der Waals surface area contributed by atoms with Crippen LogP contribution in [0.25, 0.3) is 66.4 Å². The molecule has 3 aromatic heterocycles. The fourth-order valence-electron chi connectivity index (χ4n) is 7.75. The summed E-state index contributed by atoms with van der Waals surface area (Å²) in [5.74, 6) is 0.884. The number of nitrogens with zero attached hydrogens (tertiary/aromatic N) is 3. The van der Waals surface area contributed by atoms with Crippen LogP contribution < -0.4 is 5.32 Å². The first-order chi connectivity index (χ1) is 24.8. The highest BCUT2D eigenvalue weighted by Crippen LogP contribution is 2.42. The van der Waals surface area contributed by atoms with Crippen molar-refractivity contribution in [2.45, 2.75) is 6.04 Å². The molecular weight excluding hydrogens is 609 g/mol. The van der Waals surface area contributed by atoms with E-state index in [1.165, 1.54) is 49.3 Å². The highest BCUT2D eigenvalue weighted by atomic mass is 15.1. The van der Waals surface area contributed by atoms with Gasteiger partial charge in [-0.2, -0.15) is 0 Å². The van der Waals surface area contributed by atoms with Gasteiger partial charge >= 0.3 is 0 Å². The van der Waals surface area contributed by atoms with Gasteiger partial charge in [0, 0.05) is 27.2 Å². The molecule has 6 aromatic carbocycles. The van der Waals surface area contributed by atoms with Gasteiger partial charge in [-0.25, -0.2) is 4.98 Å². The van der Waals surface area contributed by atoms with Crippen LogP contribution in [0.4, 0.5) is 0 Å². The number of allylic oxidation sites excluding steroid dienone is 2. The van der Waals surface area contributed by atoms with Gasteiger partial charge in [-0.15, -0.1) is 0 Å². The summed E-state index contributed by atoms with van der Waals surface area (Å²) in [7, 11) is 0. The first-order valence-electron chi connectivity index (χ1n) is 17.1. The van der Waals surface area contributed by atoms with Crippen LogP contribution in [0.2, 0.25) is 0 Å². The molecule has 1 unspecified atom stereocenters. The van der Waals surface area contributed by atoms with Crippen molar-refractivity contribution < 1.29 is 0 Å². The van der Waals surface area contributed by atoms with Crippen molar-refractivity contribution in [3.05, 3.63) is 199 Å². The summed E-state index contributed by atoms with van der Waals surface area (Å²) in [6.45, 7) is 0. The molecule has 1 N–H and O–H groups in total. The lowest BCUT2D eigenvalue weighted by atomic mass is 9.94. The molecule has 0 saturated carbocycles. The smallest absolute Gasteiger partial charge is 0.138 e. The molecule has 0 amide bonds. The van der Waals surface area contributed by atoms with Crippen molar-refractivity contribution >= 4 is 54.9 Å². The van der Waals surface area contributed by atoms with E-state index in [1.54, 1.807) is 0 Å². The first kappa shape index (κ1) is 28.4. The summed E-state index contributed by atoms with van der Waals surface area (Å²) in [5.41, 5.74) is 11.3. The molecule has 4 heteroatoms. The second kappa shape index (κ2) is 11.5. The van der Waals surface area contributed by atoms with E-state index >= 15 is 0 Å². The van der Waals surface area contributed by atoms with E-state index in [0.717, 1.165) is 33.9 Å². The van der Waals surface area contributed by atoms with Gasteiger partial charge < -0.3 is 9.88 Å². The number of dihydropyridines is 1. The van der Waals surface area contributed by atoms with Crippen LogP contribution in [0, 0.1) is 0 Å². The molecule has 0 fully saturated rings. The van der Waals surface area contributed by atoms with Gasteiger partial charge in [0.2, 0.25) is 0 Å². The number of pyridine rings is 1. The number of rotatable bonds is 5. The van der Waals surface area contributed by atoms with Gasteiger partial charge in [0.1, 0.15) is 5.82 Å². The van der Waals surface area contributed by atoms with Gasteiger partial charge in [0.05, 0.1) is 39.5 Å². The van der Waals surface area contributed by atoms with Gasteiger partial charge in [0.25, 0.3) is 0 Å². The zero-order valence-electron chi connectivity index (χ0n) is 27.2. The average molecular weight is 641 g/mol. The SMILES string of the molecule is C1=C(c2ccccc2)C=C(c2cccc(-n3c4ccccc4c4c5c6ccccc6n(-c6ccccc6)c5ccc43)n2)NC1c1ccccc1. The number of benzene rings is 6. The quantitative estimate of drug-likeness (QED) is 0.203. The Morgan fingerprint density at radius 2 is 1.06 bits per heavy atom. The third kappa shape index (κ3) is 4.50. The zero-order chi connectivity index (χ0) is 33.0. The van der Waals surface area contributed by atoms with E-state index in [0.29, 0.717) is 0 Å². The molecule has 10 rings (SSSR count). The minimum Gasteiger partial charge on any atom is -0.373 e. The largest absolute Gasteiger partial charge is 0.373 e. The number of aromatic nitrogens is 3. The molecule has 0 bridgehead atoms. The summed E-state index contributed by atoms with van der Waals surface area (Å²) in [6, 6.07) is 60.3. The maximum atomic E-state index is 5.39. The fraction of sp³-hybridized carbons (Fsp3) is 0.0217. The Labute approximate surface area is 289 Å². The Morgan fingerprint density at radius 1 is 0.480 bits per heavy atom. The number of hydrogen-bond donors (Lipinski definition) is 1. The second-order valence-corrected chi connectivity index (χ2v) is 12.9. The van der Waals surface area contributed by atoms with Gasteiger partial charge in [-0.3, -0.25) is 4.57 Å². The summed E-state index contributed by atoms with van der Waals surface area (Å²) in [4.78, 5) is 5.39. The number of hydrogen-bond acceptors (Lipinski definition) is 2. The second-order valence-electron chi connectivity index (χ2n) is 12.9. The monoisotopic (exact) mass is 640 g/mol. The molecular formula is C46H32N4. The lowest BCUT2D eigenvalue weighted by Gasteiger charge is -2.25. The van der Waals surface area contributed by atoms with Crippen LogP contribution in [0.1, 0.15) is 22.9 Å². The molecule has 4 heterocycles. The Morgan fingerprint density at radius 3 is 1.76 bits per heavy atom. The Balaban J connectivity index is 1.18. The minimum absolute atomic E-state index is 0.0142. The van der Waals surface area contributed by atoms with Crippen LogP contribution in [0.15, 0.2) is 182 Å². The van der Waals surface area contributed by atoms with Crippen LogP contribution in [0.3, 0.4) is 0 Å². The van der Waals surface area contributed by atoms with E-state index < -0.39 is 0 Å². The van der Waals surface area contributed by atoms with Gasteiger partial charge in [0.15, 0.2) is 0 Å². The summed E-state index contributed by atoms with van der Waals surface area (Å²) in [5, 5.41) is 8.76. The molecule has 1 aliphatic rings. The zero-order valence-corrected chi connectivity index (χ0v) is 27.2. The van der Waals surface area contributed by atoms with E-state index in [9.17, 15) is 0 Å². The molecule has 0 saturated heterocycles. The van der Waals surface area contributed by atoms with Crippen molar-refractivity contribution in [2.75, 3.05) is 0 Å². The Hall–Kier alpha value is -6.65. The van der Waals surface area contributed by atoms with Crippen LogP contribution in [-0.2, 0) is 0 Å². The molecule has 4 nitrogen and oxygen atoms in total. The van der Waals surface area contributed by atoms with Crippen molar-refractivity contribution in [2.24, 2.45) is 0 Å². The lowest BCUT2D eigenvalue weighted by molar-refractivity contribution is 0.762. The van der Waals surface area contributed by atoms with Crippen LogP contribution in [0.5, 0.6) is 0 Å². The van der Waals surface area contributed by atoms with Crippen molar-refractivity contribution in [1.82, 2.24) is 19.4 Å². The summed E-state index contributed by atoms with van der Waals surface area (Å²) in [6.07, 6.45) is 4.54. The third-order valence-corrected chi connectivity index (χ3v) is 9.95. The van der Waals surface area contributed by atoms with E-state index in [-0.39, 0.29) is 6.04 Å². The number of nitrogens with one attached hydrogen (secondary N) is 1. The maximum Gasteiger partial charge on any atom is 0.138 e. The molecule has 1 atom stereocenters. The normalized spacial score (nSPS) is 14.6. The maximum absolute atomic E-state index is 5.39. The standard InChI is InChI=1S/C46H32N4/c1-4-15-31(16-5-1)33-29-38(32-17-6-2-7-18-32)47-39(30-33)37-23-14-26-44(48-37)50-41-25-13-11-22-36(41)46-43(50)28-27-42-45(46)35-21-10-12-24-40(35)49(42)34-19-8-3-9-20-34/h1-30,38,47H. The Bertz CT molecular complexity index is 2770. The van der Waals surface area contributed by atoms with Crippen LogP contribution in [-0.4, -0.2) is 14.1 Å². The van der Waals surface area contributed by atoms with Crippen LogP contribution >= 0.6 is 0 Å². The average Bonchev–Trinajstić information content (AvgIpc) is 3.72. The third-order valence-electron chi connectivity index (χ3n) is 9.95. The lowest BCUT2D eigenvalue weighted by Crippen LogP contribution is -2.22. The molecule has 0 aliphatic carbocycles. The van der Waals surface area contributed by atoms with E-state index in [1.807, 2.05) is 0 Å². The predicted molar refractivity (Wildman–Crippen MR) is 208 cm³/mol. The summed E-state index contributed by atoms with van der Waals surface area (Å²) >= 11 is 0. The Kier molecular flexibility index (Phi) is 6.53. The van der Waals surface area contributed by atoms with Crippen molar-refractivity contribution in [1.29, 1.82) is 0 Å². The van der Waals surface area contributed by atoms with Gasteiger partial charge in [-0.1, -0.05) is 121 Å². The molecule has 50 heavy (non-hydrogen) atoms. The van der Waals surface area contributed by atoms with Crippen molar-refractivity contribution in [3.8, 4) is 11.5 Å². The van der Waals surface area contributed by atoms with Gasteiger partial charge in [-0.05, 0) is 77.4 Å². The number of para-hydroxylation sites is 3. The molecule has 9 aromatic rings. The predicted octanol–water partition coefficient (Wildman–Crippen LogP) is 11.0. The van der Waals surface area contributed by atoms with E-state index in [4.69, 9.17) is 4.98 Å². The molecule has 0 radical (unpaired) electrons. The van der Waals surface area contributed by atoms with Crippen molar-refractivity contribution in [3.63, 3.8) is 0 Å².